The number of carbonyl (C=O) groups is 1. The molecule has 0 saturated carbocycles. The molecule has 0 radical (unpaired) electrons. The van der Waals surface area contributed by atoms with Crippen molar-refractivity contribution in [2.45, 2.75) is 58.2 Å². The summed E-state index contributed by atoms with van der Waals surface area (Å²) in [6.07, 6.45) is 0.498. The third-order valence-corrected chi connectivity index (χ3v) is 7.92. The molecule has 2 heterocycles. The van der Waals surface area contributed by atoms with Crippen molar-refractivity contribution in [1.82, 2.24) is 4.90 Å². The van der Waals surface area contributed by atoms with Gasteiger partial charge in [0, 0.05) is 6.54 Å². The highest BCUT2D eigenvalue weighted by Gasteiger charge is 2.41. The van der Waals surface area contributed by atoms with Gasteiger partial charge in [-0.3, -0.25) is 9.69 Å². The van der Waals surface area contributed by atoms with Crippen molar-refractivity contribution < 1.29 is 41.3 Å². The Labute approximate surface area is 264 Å². The fraction of sp³-hybridized carbons (Fsp3) is 0.371. The number of rotatable bonds is 10. The fourth-order valence-corrected chi connectivity index (χ4v) is 5.57. The van der Waals surface area contributed by atoms with Crippen molar-refractivity contribution in [2.75, 3.05) is 27.3 Å². The van der Waals surface area contributed by atoms with Gasteiger partial charge >= 0.3 is 12.1 Å². The van der Waals surface area contributed by atoms with Crippen LogP contribution in [0.5, 0.6) is 28.7 Å². The van der Waals surface area contributed by atoms with E-state index >= 15 is 0 Å². The lowest BCUT2D eigenvalue weighted by atomic mass is 10.1. The Kier molecular flexibility index (Phi) is 10.2. The zero-order valence-corrected chi connectivity index (χ0v) is 26.0. The Morgan fingerprint density at radius 1 is 0.891 bits per heavy atom. The summed E-state index contributed by atoms with van der Waals surface area (Å²) in [5.74, 6) is -2.55. The number of ether oxygens (including phenoxy) is 4. The maximum Gasteiger partial charge on any atom is 0.453 e. The number of benzene rings is 3. The number of esters is 1. The van der Waals surface area contributed by atoms with Crippen LogP contribution in [-0.2, 0) is 19.1 Å². The van der Waals surface area contributed by atoms with Gasteiger partial charge in [-0.2, -0.15) is 13.2 Å². The second-order valence-corrected chi connectivity index (χ2v) is 11.2. The van der Waals surface area contributed by atoms with E-state index in [9.17, 15) is 22.8 Å². The van der Waals surface area contributed by atoms with Crippen molar-refractivity contribution in [1.29, 1.82) is 0 Å². The van der Waals surface area contributed by atoms with Crippen LogP contribution in [0.25, 0.3) is 11.0 Å². The standard InChI is InChI=1S/C35H36F3NO7/c1-4-9-22-10-13-24(14-11-22)44-32-30(40)25-15-17-27(45-34(41)23-12-16-28(42-2)29(20-23)43-3)26(21-39-18-7-5-6-8-19-39)31(25)46-33(32)35(36,37)38/h10-17,20H,4-9,18-19,21H2,1-3H3. The molecule has 0 amide bonds. The van der Waals surface area contributed by atoms with Crippen LogP contribution in [0, 0.1) is 0 Å². The lowest BCUT2D eigenvalue weighted by Gasteiger charge is -2.22. The molecule has 1 saturated heterocycles. The molecule has 0 bridgehead atoms. The lowest BCUT2D eigenvalue weighted by molar-refractivity contribution is -0.154. The number of carbonyl (C=O) groups excluding carboxylic acids is 1. The summed E-state index contributed by atoms with van der Waals surface area (Å²) >= 11 is 0. The Bertz CT molecular complexity index is 1740. The van der Waals surface area contributed by atoms with Gasteiger partial charge in [0.25, 0.3) is 5.76 Å². The molecule has 0 spiro atoms. The first-order chi connectivity index (χ1) is 22.1. The minimum Gasteiger partial charge on any atom is -0.493 e. The molecular weight excluding hydrogens is 603 g/mol. The van der Waals surface area contributed by atoms with Crippen LogP contribution < -0.4 is 24.4 Å². The van der Waals surface area contributed by atoms with E-state index in [-0.39, 0.29) is 40.1 Å². The van der Waals surface area contributed by atoms with E-state index in [0.717, 1.165) is 44.1 Å². The third-order valence-electron chi connectivity index (χ3n) is 7.92. The van der Waals surface area contributed by atoms with Gasteiger partial charge in [0.2, 0.25) is 11.2 Å². The van der Waals surface area contributed by atoms with Crippen molar-refractivity contribution >= 4 is 16.9 Å². The van der Waals surface area contributed by atoms with Gasteiger partial charge < -0.3 is 23.4 Å². The third kappa shape index (κ3) is 7.31. The van der Waals surface area contributed by atoms with Crippen LogP contribution in [0.2, 0.25) is 0 Å². The van der Waals surface area contributed by atoms with Crippen LogP contribution in [0.3, 0.4) is 0 Å². The lowest BCUT2D eigenvalue weighted by Crippen LogP contribution is -2.25. The summed E-state index contributed by atoms with van der Waals surface area (Å²) in [5.41, 5.74) is -0.0217. The summed E-state index contributed by atoms with van der Waals surface area (Å²) < 4.78 is 70.9. The van der Waals surface area contributed by atoms with Crippen molar-refractivity contribution in [2.24, 2.45) is 0 Å². The Balaban J connectivity index is 1.62. The van der Waals surface area contributed by atoms with Crippen LogP contribution in [0.4, 0.5) is 13.2 Å². The second-order valence-electron chi connectivity index (χ2n) is 11.2. The van der Waals surface area contributed by atoms with Gasteiger partial charge in [-0.25, -0.2) is 4.79 Å². The molecule has 0 aliphatic carbocycles. The van der Waals surface area contributed by atoms with Crippen LogP contribution >= 0.6 is 0 Å². The van der Waals surface area contributed by atoms with E-state index in [2.05, 4.69) is 4.90 Å². The Morgan fingerprint density at radius 2 is 1.57 bits per heavy atom. The molecule has 46 heavy (non-hydrogen) atoms. The largest absolute Gasteiger partial charge is 0.493 e. The molecule has 0 N–H and O–H groups in total. The summed E-state index contributed by atoms with van der Waals surface area (Å²) in [6, 6.07) is 13.7. The van der Waals surface area contributed by atoms with Gasteiger partial charge in [-0.05, 0) is 80.4 Å². The number of halogens is 3. The van der Waals surface area contributed by atoms with Crippen molar-refractivity contribution in [3.63, 3.8) is 0 Å². The number of methoxy groups -OCH3 is 2. The number of nitrogens with zero attached hydrogens (tertiary/aromatic N) is 1. The maximum atomic E-state index is 14.5. The maximum absolute atomic E-state index is 14.5. The quantitative estimate of drug-likeness (QED) is 0.127. The molecule has 1 aliphatic heterocycles. The van der Waals surface area contributed by atoms with Gasteiger partial charge in [0.15, 0.2) is 11.5 Å². The van der Waals surface area contributed by atoms with Crippen molar-refractivity contribution in [3.8, 4) is 28.7 Å². The smallest absolute Gasteiger partial charge is 0.453 e. The number of hydrogen-bond acceptors (Lipinski definition) is 8. The zero-order chi connectivity index (χ0) is 32.8. The summed E-state index contributed by atoms with van der Waals surface area (Å²) in [5, 5.41) is -0.124. The SMILES string of the molecule is CCCc1ccc(Oc2c(C(F)(F)F)oc3c(CN4CCCCCC4)c(OC(=O)c4ccc(OC)c(OC)c4)ccc3c2=O)cc1. The molecule has 8 nitrogen and oxygen atoms in total. The van der Waals surface area contributed by atoms with E-state index in [1.807, 2.05) is 6.92 Å². The minimum absolute atomic E-state index is 0.0204. The fourth-order valence-electron chi connectivity index (χ4n) is 5.57. The molecule has 1 fully saturated rings. The highest BCUT2D eigenvalue weighted by atomic mass is 19.4. The first kappa shape index (κ1) is 32.9. The van der Waals surface area contributed by atoms with E-state index in [0.29, 0.717) is 24.6 Å². The van der Waals surface area contributed by atoms with Gasteiger partial charge in [0.1, 0.15) is 17.1 Å². The molecule has 1 aromatic heterocycles. The van der Waals surface area contributed by atoms with E-state index in [1.165, 1.54) is 50.6 Å². The highest BCUT2D eigenvalue weighted by Crippen LogP contribution is 2.41. The van der Waals surface area contributed by atoms with Crippen molar-refractivity contribution in [3.05, 3.63) is 87.3 Å². The first-order valence-corrected chi connectivity index (χ1v) is 15.3. The van der Waals surface area contributed by atoms with Crippen LogP contribution in [0.15, 0.2) is 63.8 Å². The topological polar surface area (TPSA) is 87.4 Å². The van der Waals surface area contributed by atoms with E-state index in [4.69, 9.17) is 23.4 Å². The van der Waals surface area contributed by atoms with Gasteiger partial charge in [-0.1, -0.05) is 38.3 Å². The van der Waals surface area contributed by atoms with Gasteiger partial charge in [-0.15, -0.1) is 0 Å². The monoisotopic (exact) mass is 639 g/mol. The molecule has 4 aromatic rings. The highest BCUT2D eigenvalue weighted by molar-refractivity contribution is 5.93. The molecular formula is C35H36F3NO7. The number of fused-ring (bicyclic) bond motifs is 1. The number of aryl methyl sites for hydroxylation is 1. The average molecular weight is 640 g/mol. The minimum atomic E-state index is -5.06. The molecule has 11 heteroatoms. The average Bonchev–Trinajstić information content (AvgIpc) is 3.32. The molecule has 0 atom stereocenters. The normalized spacial score (nSPS) is 14.1. The predicted molar refractivity (Wildman–Crippen MR) is 166 cm³/mol. The molecule has 5 rings (SSSR count). The van der Waals surface area contributed by atoms with E-state index in [1.54, 1.807) is 18.2 Å². The number of alkyl halides is 3. The summed E-state index contributed by atoms with van der Waals surface area (Å²) in [7, 11) is 2.89. The summed E-state index contributed by atoms with van der Waals surface area (Å²) in [6.45, 7) is 3.49. The summed E-state index contributed by atoms with van der Waals surface area (Å²) in [4.78, 5) is 29.1. The van der Waals surface area contributed by atoms with E-state index < -0.39 is 29.1 Å². The Morgan fingerprint density at radius 3 is 2.20 bits per heavy atom. The van der Waals surface area contributed by atoms with Gasteiger partial charge in [0.05, 0.1) is 30.7 Å². The number of likely N-dealkylation sites (tertiary alicyclic amines) is 1. The molecule has 244 valence electrons. The first-order valence-electron chi connectivity index (χ1n) is 15.3. The predicted octanol–water partition coefficient (Wildman–Crippen LogP) is 8.17. The zero-order valence-electron chi connectivity index (χ0n) is 26.0. The Hall–Kier alpha value is -4.51. The molecule has 3 aromatic carbocycles. The van der Waals surface area contributed by atoms with Crippen LogP contribution in [0.1, 0.15) is 66.3 Å². The van der Waals surface area contributed by atoms with Crippen LogP contribution in [-0.4, -0.2) is 38.2 Å². The molecule has 1 aliphatic rings. The molecule has 0 unspecified atom stereocenters. The number of hydrogen-bond donors (Lipinski definition) is 0. The second kappa shape index (κ2) is 14.3.